The average Bonchev–Trinajstić information content (AvgIpc) is 2.47. The van der Waals surface area contributed by atoms with Crippen molar-refractivity contribution >= 4 is 17.7 Å². The number of nitrogens with zero attached hydrogens (tertiary/aromatic N) is 1. The zero-order valence-corrected chi connectivity index (χ0v) is 13.4. The van der Waals surface area contributed by atoms with E-state index in [0.717, 1.165) is 18.7 Å². The number of carbonyl (C=O) groups is 1. The van der Waals surface area contributed by atoms with Gasteiger partial charge in [-0.15, -0.1) is 11.8 Å². The molecule has 2 rings (SSSR count). The standard InChI is InChI=1S/C17H25NOS/c1-3-16-9-4-5-10-18(16)17(19)13-20-12-15-8-6-7-14(2)11-15/h6-8,11,16H,3-5,9-10,12-13H2,1-2H3. The van der Waals surface area contributed by atoms with Crippen LogP contribution in [0.2, 0.25) is 0 Å². The minimum Gasteiger partial charge on any atom is -0.339 e. The predicted molar refractivity (Wildman–Crippen MR) is 87.0 cm³/mol. The molecule has 1 aliphatic heterocycles. The summed E-state index contributed by atoms with van der Waals surface area (Å²) in [6.07, 6.45) is 4.72. The molecule has 0 saturated carbocycles. The number of hydrogen-bond acceptors (Lipinski definition) is 2. The zero-order valence-electron chi connectivity index (χ0n) is 12.6. The van der Waals surface area contributed by atoms with Crippen molar-refractivity contribution in [3.8, 4) is 0 Å². The van der Waals surface area contributed by atoms with Gasteiger partial charge in [-0.05, 0) is 38.2 Å². The molecule has 0 N–H and O–H groups in total. The lowest BCUT2D eigenvalue weighted by atomic mass is 10.0. The highest BCUT2D eigenvalue weighted by atomic mass is 32.2. The maximum Gasteiger partial charge on any atom is 0.232 e. The van der Waals surface area contributed by atoms with E-state index in [1.54, 1.807) is 11.8 Å². The molecule has 2 nitrogen and oxygen atoms in total. The summed E-state index contributed by atoms with van der Waals surface area (Å²) in [5.74, 6) is 1.87. The topological polar surface area (TPSA) is 20.3 Å². The molecule has 1 atom stereocenters. The Kier molecular flexibility index (Phi) is 5.96. The first-order valence-electron chi connectivity index (χ1n) is 7.63. The van der Waals surface area contributed by atoms with Gasteiger partial charge in [0.15, 0.2) is 0 Å². The number of amides is 1. The Bertz CT molecular complexity index is 446. The van der Waals surface area contributed by atoms with Crippen LogP contribution in [0, 0.1) is 6.92 Å². The summed E-state index contributed by atoms with van der Waals surface area (Å²) in [5.41, 5.74) is 2.60. The Balaban J connectivity index is 1.79. The lowest BCUT2D eigenvalue weighted by Gasteiger charge is -2.35. The Morgan fingerprint density at radius 3 is 3.00 bits per heavy atom. The molecule has 20 heavy (non-hydrogen) atoms. The monoisotopic (exact) mass is 291 g/mol. The van der Waals surface area contributed by atoms with Crippen molar-refractivity contribution in [2.24, 2.45) is 0 Å². The van der Waals surface area contributed by atoms with E-state index in [1.165, 1.54) is 30.4 Å². The second kappa shape index (κ2) is 7.72. The van der Waals surface area contributed by atoms with E-state index in [9.17, 15) is 4.79 Å². The van der Waals surface area contributed by atoms with Gasteiger partial charge in [0.05, 0.1) is 5.75 Å². The van der Waals surface area contributed by atoms with Gasteiger partial charge in [0.25, 0.3) is 0 Å². The van der Waals surface area contributed by atoms with Crippen LogP contribution in [-0.4, -0.2) is 29.1 Å². The average molecular weight is 291 g/mol. The van der Waals surface area contributed by atoms with Crippen LogP contribution in [0.3, 0.4) is 0 Å². The highest BCUT2D eigenvalue weighted by Crippen LogP contribution is 2.21. The Morgan fingerprint density at radius 2 is 2.25 bits per heavy atom. The zero-order chi connectivity index (χ0) is 14.4. The number of thioether (sulfide) groups is 1. The van der Waals surface area contributed by atoms with Crippen molar-refractivity contribution in [3.63, 3.8) is 0 Å². The van der Waals surface area contributed by atoms with Crippen LogP contribution in [0.15, 0.2) is 24.3 Å². The molecule has 0 spiro atoms. The van der Waals surface area contributed by atoms with Crippen molar-refractivity contribution in [2.75, 3.05) is 12.3 Å². The molecule has 3 heteroatoms. The normalized spacial score (nSPS) is 19.1. The maximum atomic E-state index is 12.3. The molecule has 0 radical (unpaired) electrons. The molecule has 1 aliphatic rings. The van der Waals surface area contributed by atoms with E-state index >= 15 is 0 Å². The largest absolute Gasteiger partial charge is 0.339 e. The molecule has 0 bridgehead atoms. The Hall–Kier alpha value is -0.960. The third-order valence-electron chi connectivity index (χ3n) is 4.00. The van der Waals surface area contributed by atoms with Gasteiger partial charge in [-0.25, -0.2) is 0 Å². The summed E-state index contributed by atoms with van der Waals surface area (Å²) in [4.78, 5) is 14.4. The minimum absolute atomic E-state index is 0.328. The van der Waals surface area contributed by atoms with Crippen LogP contribution in [-0.2, 0) is 10.5 Å². The van der Waals surface area contributed by atoms with Gasteiger partial charge in [-0.3, -0.25) is 4.79 Å². The molecule has 1 unspecified atom stereocenters. The molecule has 0 aliphatic carbocycles. The van der Waals surface area contributed by atoms with Crippen molar-refractivity contribution < 1.29 is 4.79 Å². The number of rotatable bonds is 5. The van der Waals surface area contributed by atoms with Gasteiger partial charge >= 0.3 is 0 Å². The van der Waals surface area contributed by atoms with E-state index in [1.807, 2.05) is 0 Å². The molecule has 1 heterocycles. The predicted octanol–water partition coefficient (Wildman–Crippen LogP) is 4.02. The van der Waals surface area contributed by atoms with Gasteiger partial charge in [0.1, 0.15) is 0 Å². The first kappa shape index (κ1) is 15.4. The second-order valence-electron chi connectivity index (χ2n) is 5.63. The molecule has 1 fully saturated rings. The molecule has 1 saturated heterocycles. The second-order valence-corrected chi connectivity index (χ2v) is 6.61. The first-order chi connectivity index (χ1) is 9.70. The van der Waals surface area contributed by atoms with Crippen LogP contribution >= 0.6 is 11.8 Å². The van der Waals surface area contributed by atoms with Crippen LogP contribution < -0.4 is 0 Å². The molecule has 110 valence electrons. The summed E-state index contributed by atoms with van der Waals surface area (Å²) < 4.78 is 0. The van der Waals surface area contributed by atoms with E-state index < -0.39 is 0 Å². The number of benzene rings is 1. The molecule has 0 aromatic heterocycles. The lowest BCUT2D eigenvalue weighted by molar-refractivity contribution is -0.132. The molecular weight excluding hydrogens is 266 g/mol. The molecule has 1 aromatic carbocycles. The van der Waals surface area contributed by atoms with Gasteiger partial charge < -0.3 is 4.90 Å². The van der Waals surface area contributed by atoms with Crippen LogP contribution in [0.5, 0.6) is 0 Å². The van der Waals surface area contributed by atoms with Crippen molar-refractivity contribution in [1.29, 1.82) is 0 Å². The van der Waals surface area contributed by atoms with Crippen molar-refractivity contribution in [3.05, 3.63) is 35.4 Å². The summed E-state index contributed by atoms with van der Waals surface area (Å²) in [5, 5.41) is 0. The van der Waals surface area contributed by atoms with Crippen LogP contribution in [0.4, 0.5) is 0 Å². The quantitative estimate of drug-likeness (QED) is 0.816. The fourth-order valence-corrected chi connectivity index (χ4v) is 3.75. The minimum atomic E-state index is 0.328. The van der Waals surface area contributed by atoms with E-state index in [0.29, 0.717) is 17.7 Å². The molecular formula is C17H25NOS. The third-order valence-corrected chi connectivity index (χ3v) is 4.98. The fourth-order valence-electron chi connectivity index (χ4n) is 2.89. The lowest BCUT2D eigenvalue weighted by Crippen LogP contribution is -2.44. The fraction of sp³-hybridized carbons (Fsp3) is 0.588. The van der Waals surface area contributed by atoms with Crippen molar-refractivity contribution in [2.45, 2.75) is 51.3 Å². The van der Waals surface area contributed by atoms with E-state index in [-0.39, 0.29) is 0 Å². The van der Waals surface area contributed by atoms with E-state index in [4.69, 9.17) is 0 Å². The highest BCUT2D eigenvalue weighted by molar-refractivity contribution is 7.99. The van der Waals surface area contributed by atoms with E-state index in [2.05, 4.69) is 43.0 Å². The third kappa shape index (κ3) is 4.27. The number of hydrogen-bond donors (Lipinski definition) is 0. The summed E-state index contributed by atoms with van der Waals surface area (Å²) in [6, 6.07) is 9.02. The summed E-state index contributed by atoms with van der Waals surface area (Å²) >= 11 is 1.74. The maximum absolute atomic E-state index is 12.3. The van der Waals surface area contributed by atoms with Crippen LogP contribution in [0.25, 0.3) is 0 Å². The van der Waals surface area contributed by atoms with Gasteiger partial charge in [0, 0.05) is 18.3 Å². The highest BCUT2D eigenvalue weighted by Gasteiger charge is 2.24. The Morgan fingerprint density at radius 1 is 1.40 bits per heavy atom. The Labute approximate surface area is 126 Å². The summed E-state index contributed by atoms with van der Waals surface area (Å²) in [6.45, 7) is 5.26. The van der Waals surface area contributed by atoms with Gasteiger partial charge in [-0.2, -0.15) is 0 Å². The van der Waals surface area contributed by atoms with Crippen molar-refractivity contribution in [1.82, 2.24) is 4.90 Å². The number of piperidine rings is 1. The first-order valence-corrected chi connectivity index (χ1v) is 8.79. The molecule has 1 amide bonds. The SMILES string of the molecule is CCC1CCCCN1C(=O)CSCc1cccc(C)c1. The number of carbonyl (C=O) groups excluding carboxylic acids is 1. The number of aryl methyl sites for hydroxylation is 1. The van der Waals surface area contributed by atoms with Gasteiger partial charge in [-0.1, -0.05) is 36.8 Å². The summed E-state index contributed by atoms with van der Waals surface area (Å²) in [7, 11) is 0. The van der Waals surface area contributed by atoms with Gasteiger partial charge in [0.2, 0.25) is 5.91 Å². The smallest absolute Gasteiger partial charge is 0.232 e. The number of likely N-dealkylation sites (tertiary alicyclic amines) is 1. The molecule has 1 aromatic rings. The van der Waals surface area contributed by atoms with Crippen LogP contribution in [0.1, 0.15) is 43.7 Å².